The van der Waals surface area contributed by atoms with Gasteiger partial charge in [-0.25, -0.2) is 0 Å². The molecular weight excluding hydrogens is 322 g/mol. The van der Waals surface area contributed by atoms with E-state index in [2.05, 4.69) is 41.5 Å². The molecule has 5 heteroatoms. The Morgan fingerprint density at radius 2 is 1.50 bits per heavy atom. The molecule has 0 bridgehead atoms. The third-order valence-corrected chi connectivity index (χ3v) is 3.94. The average molecular weight is 354 g/mol. The van der Waals surface area contributed by atoms with Crippen LogP contribution in [0.15, 0.2) is 12.1 Å². The van der Waals surface area contributed by atoms with Gasteiger partial charge >= 0.3 is 0 Å². The van der Waals surface area contributed by atoms with Gasteiger partial charge in [0.15, 0.2) is 6.79 Å². The predicted octanol–water partition coefficient (Wildman–Crippen LogP) is 3.92. The maximum atomic E-state index is 6.04. The Balaban J connectivity index is 3.32. The average Bonchev–Trinajstić information content (AvgIpc) is 2.44. The molecule has 0 amide bonds. The molecule has 0 atom stereocenters. The Labute approximate surface area is 151 Å². The lowest BCUT2D eigenvalue weighted by Gasteiger charge is -2.30. The summed E-state index contributed by atoms with van der Waals surface area (Å²) in [6.07, 6.45) is 0. The lowest BCUT2D eigenvalue weighted by Crippen LogP contribution is -2.23. The maximum Gasteiger partial charge on any atom is 0.189 e. The van der Waals surface area contributed by atoms with Gasteiger partial charge in [-0.05, 0) is 23.0 Å². The predicted molar refractivity (Wildman–Crippen MR) is 103 cm³/mol. The van der Waals surface area contributed by atoms with Crippen molar-refractivity contribution in [3.8, 4) is 5.75 Å². The van der Waals surface area contributed by atoms with E-state index in [0.29, 0.717) is 18.2 Å². The van der Waals surface area contributed by atoms with E-state index in [1.807, 2.05) is 12.1 Å². The molecule has 0 spiro atoms. The summed E-state index contributed by atoms with van der Waals surface area (Å²) in [6, 6.07) is 4.06. The highest BCUT2D eigenvalue weighted by Crippen LogP contribution is 2.40. The van der Waals surface area contributed by atoms with Crippen LogP contribution in [0.5, 0.6) is 5.75 Å². The van der Waals surface area contributed by atoms with Crippen molar-refractivity contribution in [3.05, 3.63) is 28.8 Å². The van der Waals surface area contributed by atoms with Gasteiger partial charge in [0.25, 0.3) is 0 Å². The van der Waals surface area contributed by atoms with Crippen LogP contribution in [0, 0.1) is 0 Å². The number of hydrogen-bond donors (Lipinski definition) is 1. The minimum absolute atomic E-state index is 0.108. The maximum absolute atomic E-state index is 6.04. The zero-order chi connectivity index (χ0) is 18.5. The quantitative estimate of drug-likeness (QED) is 0.457. The SMILES string of the molecule is COCCOCOc1c(C(C)(C)C)cc(C(N)=S)cc1C(C)(C)C. The summed E-state index contributed by atoms with van der Waals surface area (Å²) in [6.45, 7) is 14.1. The first-order chi connectivity index (χ1) is 11.0. The molecule has 0 unspecified atom stereocenters. The molecule has 0 saturated heterocycles. The number of benzene rings is 1. The number of nitrogens with two attached hydrogens (primary N) is 1. The van der Waals surface area contributed by atoms with Crippen LogP contribution < -0.4 is 10.5 Å². The molecule has 24 heavy (non-hydrogen) atoms. The second-order valence-electron chi connectivity index (χ2n) is 7.93. The number of rotatable bonds is 7. The van der Waals surface area contributed by atoms with Crippen LogP contribution >= 0.6 is 12.2 Å². The van der Waals surface area contributed by atoms with Gasteiger partial charge in [0, 0.05) is 23.8 Å². The third-order valence-electron chi connectivity index (χ3n) is 3.71. The fourth-order valence-corrected chi connectivity index (χ4v) is 2.46. The Morgan fingerprint density at radius 1 is 1.00 bits per heavy atom. The number of hydrogen-bond acceptors (Lipinski definition) is 4. The Bertz CT molecular complexity index is 536. The van der Waals surface area contributed by atoms with Crippen LogP contribution in [0.1, 0.15) is 58.2 Å². The molecule has 0 heterocycles. The molecule has 4 nitrogen and oxygen atoms in total. The van der Waals surface area contributed by atoms with Gasteiger partial charge in [0.05, 0.1) is 13.2 Å². The summed E-state index contributed by atoms with van der Waals surface area (Å²) < 4.78 is 16.5. The fourth-order valence-electron chi connectivity index (χ4n) is 2.34. The lowest BCUT2D eigenvalue weighted by atomic mass is 9.78. The summed E-state index contributed by atoms with van der Waals surface area (Å²) in [5.41, 5.74) is 8.70. The highest BCUT2D eigenvalue weighted by atomic mass is 32.1. The van der Waals surface area contributed by atoms with E-state index in [-0.39, 0.29) is 17.6 Å². The molecule has 2 N–H and O–H groups in total. The van der Waals surface area contributed by atoms with Crippen LogP contribution in [0.2, 0.25) is 0 Å². The molecule has 0 saturated carbocycles. The summed E-state index contributed by atoms with van der Waals surface area (Å²) >= 11 is 5.20. The first-order valence-electron chi connectivity index (χ1n) is 8.16. The van der Waals surface area contributed by atoms with Crippen molar-refractivity contribution in [1.29, 1.82) is 0 Å². The molecule has 1 aromatic carbocycles. The Kier molecular flexibility index (Phi) is 7.20. The van der Waals surface area contributed by atoms with Crippen molar-refractivity contribution in [2.45, 2.75) is 52.4 Å². The standard InChI is InChI=1S/C19H31NO3S/c1-18(2,3)14-10-13(17(20)24)11-15(19(4,5)6)16(14)23-12-22-9-8-21-7/h10-11H,8-9,12H2,1-7H3,(H2,20,24). The molecule has 0 aliphatic heterocycles. The van der Waals surface area contributed by atoms with E-state index in [4.69, 9.17) is 32.2 Å². The summed E-state index contributed by atoms with van der Waals surface area (Å²) in [5.74, 6) is 0.854. The summed E-state index contributed by atoms with van der Waals surface area (Å²) in [5, 5.41) is 0. The highest BCUT2D eigenvalue weighted by Gasteiger charge is 2.28. The van der Waals surface area contributed by atoms with Crippen molar-refractivity contribution >= 4 is 17.2 Å². The van der Waals surface area contributed by atoms with Crippen LogP contribution in [-0.2, 0) is 20.3 Å². The van der Waals surface area contributed by atoms with Crippen molar-refractivity contribution in [1.82, 2.24) is 0 Å². The Morgan fingerprint density at radius 3 is 1.88 bits per heavy atom. The van der Waals surface area contributed by atoms with Gasteiger partial charge in [-0.3, -0.25) is 0 Å². The van der Waals surface area contributed by atoms with Gasteiger partial charge in [-0.15, -0.1) is 0 Å². The van der Waals surface area contributed by atoms with Gasteiger partial charge in [-0.2, -0.15) is 0 Å². The van der Waals surface area contributed by atoms with Gasteiger partial charge < -0.3 is 19.9 Å². The molecule has 1 rings (SSSR count). The van der Waals surface area contributed by atoms with Gasteiger partial charge in [-0.1, -0.05) is 53.8 Å². The minimum Gasteiger partial charge on any atom is -0.467 e. The minimum atomic E-state index is -0.108. The van der Waals surface area contributed by atoms with Crippen molar-refractivity contribution in [2.75, 3.05) is 27.1 Å². The first-order valence-corrected chi connectivity index (χ1v) is 8.57. The molecule has 1 aromatic rings. The van der Waals surface area contributed by atoms with E-state index in [9.17, 15) is 0 Å². The molecule has 0 aliphatic carbocycles. The van der Waals surface area contributed by atoms with Crippen LogP contribution in [-0.4, -0.2) is 32.1 Å². The molecule has 0 aromatic heterocycles. The van der Waals surface area contributed by atoms with Crippen molar-refractivity contribution < 1.29 is 14.2 Å². The highest BCUT2D eigenvalue weighted by molar-refractivity contribution is 7.80. The van der Waals surface area contributed by atoms with E-state index in [0.717, 1.165) is 22.4 Å². The summed E-state index contributed by atoms with van der Waals surface area (Å²) in [7, 11) is 1.65. The van der Waals surface area contributed by atoms with Crippen LogP contribution in [0.3, 0.4) is 0 Å². The molecule has 0 fully saturated rings. The molecule has 136 valence electrons. The van der Waals surface area contributed by atoms with E-state index in [1.165, 1.54) is 0 Å². The van der Waals surface area contributed by atoms with Crippen LogP contribution in [0.4, 0.5) is 0 Å². The monoisotopic (exact) mass is 353 g/mol. The normalized spacial score (nSPS) is 12.3. The molecule has 0 radical (unpaired) electrons. The van der Waals surface area contributed by atoms with E-state index in [1.54, 1.807) is 7.11 Å². The number of methoxy groups -OCH3 is 1. The van der Waals surface area contributed by atoms with Crippen LogP contribution in [0.25, 0.3) is 0 Å². The lowest BCUT2D eigenvalue weighted by molar-refractivity contribution is -0.00992. The van der Waals surface area contributed by atoms with Gasteiger partial charge in [0.2, 0.25) is 0 Å². The van der Waals surface area contributed by atoms with E-state index >= 15 is 0 Å². The topological polar surface area (TPSA) is 53.7 Å². The largest absolute Gasteiger partial charge is 0.467 e. The summed E-state index contributed by atoms with van der Waals surface area (Å²) in [4.78, 5) is 0.397. The molecular formula is C19H31NO3S. The zero-order valence-electron chi connectivity index (χ0n) is 16.0. The second-order valence-corrected chi connectivity index (χ2v) is 8.37. The van der Waals surface area contributed by atoms with Gasteiger partial charge in [0.1, 0.15) is 10.7 Å². The number of thiocarbonyl (C=S) groups is 1. The Hall–Kier alpha value is -1.17. The zero-order valence-corrected chi connectivity index (χ0v) is 16.8. The smallest absolute Gasteiger partial charge is 0.189 e. The molecule has 0 aliphatic rings. The number of ether oxygens (including phenoxy) is 3. The first kappa shape index (κ1) is 20.9. The second kappa shape index (κ2) is 8.28. The van der Waals surface area contributed by atoms with Crippen molar-refractivity contribution in [3.63, 3.8) is 0 Å². The fraction of sp³-hybridized carbons (Fsp3) is 0.632. The van der Waals surface area contributed by atoms with E-state index < -0.39 is 0 Å². The third kappa shape index (κ3) is 5.72. The van der Waals surface area contributed by atoms with Crippen molar-refractivity contribution in [2.24, 2.45) is 5.73 Å².